The van der Waals surface area contributed by atoms with E-state index in [2.05, 4.69) is 13.0 Å². The molecule has 0 spiro atoms. The maximum Gasteiger partial charge on any atom is 0.127 e. The number of hydrogen-bond donors (Lipinski definition) is 0. The van der Waals surface area contributed by atoms with Gasteiger partial charge in [-0.2, -0.15) is 0 Å². The first-order chi connectivity index (χ1) is 10.2. The molecule has 21 heavy (non-hydrogen) atoms. The lowest BCUT2D eigenvalue weighted by Crippen LogP contribution is -2.03. The van der Waals surface area contributed by atoms with Crippen LogP contribution >= 0.6 is 11.6 Å². The van der Waals surface area contributed by atoms with Crippen molar-refractivity contribution in [1.29, 1.82) is 0 Å². The van der Waals surface area contributed by atoms with Gasteiger partial charge in [-0.05, 0) is 49.2 Å². The summed E-state index contributed by atoms with van der Waals surface area (Å²) in [5.41, 5.74) is 4.12. The van der Waals surface area contributed by atoms with Crippen LogP contribution in [0.3, 0.4) is 0 Å². The molecule has 3 heteroatoms. The van der Waals surface area contributed by atoms with Crippen molar-refractivity contribution < 1.29 is 4.74 Å². The van der Waals surface area contributed by atoms with Gasteiger partial charge in [0.1, 0.15) is 5.75 Å². The number of rotatable bonds is 5. The van der Waals surface area contributed by atoms with Crippen LogP contribution in [0.2, 0.25) is 5.02 Å². The maximum absolute atomic E-state index is 6.01. The summed E-state index contributed by atoms with van der Waals surface area (Å²) < 4.78 is 5.46. The van der Waals surface area contributed by atoms with Crippen molar-refractivity contribution in [2.45, 2.75) is 26.7 Å². The molecule has 0 aromatic heterocycles. The van der Waals surface area contributed by atoms with Crippen molar-refractivity contribution in [3.63, 3.8) is 0 Å². The quantitative estimate of drug-likeness (QED) is 0.661. The zero-order valence-corrected chi connectivity index (χ0v) is 13.4. The SMILES string of the molecule is CCC/C(=N\c1ccc(Cl)cc1C)c1ccccc1OC. The number of aryl methyl sites for hydroxylation is 1. The summed E-state index contributed by atoms with van der Waals surface area (Å²) >= 11 is 6.01. The zero-order valence-electron chi connectivity index (χ0n) is 12.7. The molecule has 0 N–H and O–H groups in total. The van der Waals surface area contributed by atoms with Gasteiger partial charge in [-0.1, -0.05) is 37.1 Å². The second-order valence-corrected chi connectivity index (χ2v) is 5.38. The van der Waals surface area contributed by atoms with E-state index >= 15 is 0 Å². The van der Waals surface area contributed by atoms with Gasteiger partial charge < -0.3 is 4.74 Å². The molecule has 2 nitrogen and oxygen atoms in total. The van der Waals surface area contributed by atoms with Crippen LogP contribution in [0.5, 0.6) is 5.75 Å². The first-order valence-electron chi connectivity index (χ1n) is 7.12. The molecule has 0 aliphatic carbocycles. The summed E-state index contributed by atoms with van der Waals surface area (Å²) in [6, 6.07) is 13.8. The molecule has 0 unspecified atom stereocenters. The van der Waals surface area contributed by atoms with E-state index in [0.29, 0.717) is 0 Å². The molecule has 2 aromatic carbocycles. The molecule has 0 atom stereocenters. The highest BCUT2D eigenvalue weighted by molar-refractivity contribution is 6.30. The Morgan fingerprint density at radius 2 is 1.95 bits per heavy atom. The molecule has 0 aliphatic heterocycles. The minimum atomic E-state index is 0.737. The van der Waals surface area contributed by atoms with Crippen molar-refractivity contribution in [3.8, 4) is 5.75 Å². The highest BCUT2D eigenvalue weighted by Gasteiger charge is 2.10. The fraction of sp³-hybridized carbons (Fsp3) is 0.278. The van der Waals surface area contributed by atoms with Gasteiger partial charge in [-0.15, -0.1) is 0 Å². The normalized spacial score (nSPS) is 11.5. The van der Waals surface area contributed by atoms with Crippen molar-refractivity contribution in [2.75, 3.05) is 7.11 Å². The van der Waals surface area contributed by atoms with E-state index in [0.717, 1.165) is 46.1 Å². The van der Waals surface area contributed by atoms with Gasteiger partial charge in [-0.25, -0.2) is 0 Å². The predicted octanol–water partition coefficient (Wildman–Crippen LogP) is 5.58. The lowest BCUT2D eigenvalue weighted by molar-refractivity contribution is 0.414. The van der Waals surface area contributed by atoms with Crippen LogP contribution in [0.25, 0.3) is 0 Å². The Labute approximate surface area is 131 Å². The Bertz CT molecular complexity index is 649. The van der Waals surface area contributed by atoms with Gasteiger partial charge >= 0.3 is 0 Å². The first-order valence-corrected chi connectivity index (χ1v) is 7.50. The summed E-state index contributed by atoms with van der Waals surface area (Å²) in [4.78, 5) is 4.85. The molecular formula is C18H20ClNO. The third-order valence-corrected chi connectivity index (χ3v) is 3.55. The molecule has 0 saturated carbocycles. The standard InChI is InChI=1S/C18H20ClNO/c1-4-7-17(15-8-5-6-9-18(15)21-3)20-16-11-10-14(19)12-13(16)2/h5-6,8-12H,4,7H2,1-3H3/b20-17+. The van der Waals surface area contributed by atoms with Gasteiger partial charge in [0.2, 0.25) is 0 Å². The third kappa shape index (κ3) is 3.85. The molecule has 0 heterocycles. The Morgan fingerprint density at radius 3 is 2.62 bits per heavy atom. The van der Waals surface area contributed by atoms with Crippen LogP contribution in [0.4, 0.5) is 5.69 Å². The Morgan fingerprint density at radius 1 is 1.19 bits per heavy atom. The average molecular weight is 302 g/mol. The Balaban J connectivity index is 2.49. The second-order valence-electron chi connectivity index (χ2n) is 4.94. The molecule has 2 rings (SSSR count). The minimum absolute atomic E-state index is 0.737. The maximum atomic E-state index is 6.01. The molecule has 110 valence electrons. The van der Waals surface area contributed by atoms with Crippen molar-refractivity contribution in [1.82, 2.24) is 0 Å². The highest BCUT2D eigenvalue weighted by atomic mass is 35.5. The van der Waals surface area contributed by atoms with E-state index in [1.807, 2.05) is 43.3 Å². The van der Waals surface area contributed by atoms with Crippen LogP contribution in [-0.2, 0) is 0 Å². The number of methoxy groups -OCH3 is 1. The number of para-hydroxylation sites is 1. The van der Waals surface area contributed by atoms with E-state index in [1.54, 1.807) is 7.11 Å². The molecule has 0 bridgehead atoms. The molecule has 2 aromatic rings. The summed E-state index contributed by atoms with van der Waals surface area (Å²) in [7, 11) is 1.69. The second kappa shape index (κ2) is 7.28. The van der Waals surface area contributed by atoms with Crippen LogP contribution in [0.1, 0.15) is 30.9 Å². The smallest absolute Gasteiger partial charge is 0.127 e. The Kier molecular flexibility index (Phi) is 5.40. The number of halogens is 1. The van der Waals surface area contributed by atoms with Gasteiger partial charge in [0, 0.05) is 10.6 Å². The van der Waals surface area contributed by atoms with Crippen LogP contribution in [0, 0.1) is 6.92 Å². The van der Waals surface area contributed by atoms with Crippen molar-refractivity contribution >= 4 is 23.0 Å². The minimum Gasteiger partial charge on any atom is -0.496 e. The predicted molar refractivity (Wildman–Crippen MR) is 90.3 cm³/mol. The third-order valence-electron chi connectivity index (χ3n) is 3.32. The topological polar surface area (TPSA) is 21.6 Å². The summed E-state index contributed by atoms with van der Waals surface area (Å²) in [6.07, 6.45) is 1.94. The highest BCUT2D eigenvalue weighted by Crippen LogP contribution is 2.26. The lowest BCUT2D eigenvalue weighted by atomic mass is 10.0. The van der Waals surface area contributed by atoms with E-state index in [-0.39, 0.29) is 0 Å². The van der Waals surface area contributed by atoms with Crippen LogP contribution < -0.4 is 4.74 Å². The molecule has 0 radical (unpaired) electrons. The fourth-order valence-corrected chi connectivity index (χ4v) is 2.49. The van der Waals surface area contributed by atoms with E-state index in [9.17, 15) is 0 Å². The monoisotopic (exact) mass is 301 g/mol. The van der Waals surface area contributed by atoms with E-state index < -0.39 is 0 Å². The summed E-state index contributed by atoms with van der Waals surface area (Å²) in [6.45, 7) is 4.18. The molecule has 0 aliphatic rings. The molecule has 0 amide bonds. The lowest BCUT2D eigenvalue weighted by Gasteiger charge is -2.11. The number of aliphatic imine (C=N–C) groups is 1. The molecule has 0 fully saturated rings. The average Bonchev–Trinajstić information content (AvgIpc) is 2.49. The van der Waals surface area contributed by atoms with Gasteiger partial charge in [0.15, 0.2) is 0 Å². The van der Waals surface area contributed by atoms with Crippen LogP contribution in [-0.4, -0.2) is 12.8 Å². The van der Waals surface area contributed by atoms with Gasteiger partial charge in [-0.3, -0.25) is 4.99 Å². The first kappa shape index (κ1) is 15.6. The molecule has 0 saturated heterocycles. The van der Waals surface area contributed by atoms with Gasteiger partial charge in [0.25, 0.3) is 0 Å². The number of benzene rings is 2. The number of ether oxygens (including phenoxy) is 1. The van der Waals surface area contributed by atoms with E-state index in [4.69, 9.17) is 21.3 Å². The number of nitrogens with zero attached hydrogens (tertiary/aromatic N) is 1. The van der Waals surface area contributed by atoms with Gasteiger partial charge in [0.05, 0.1) is 18.5 Å². The summed E-state index contributed by atoms with van der Waals surface area (Å²) in [5.74, 6) is 0.858. The zero-order chi connectivity index (χ0) is 15.2. The van der Waals surface area contributed by atoms with E-state index in [1.165, 1.54) is 0 Å². The Hall–Kier alpha value is -1.80. The fourth-order valence-electron chi connectivity index (χ4n) is 2.26. The largest absolute Gasteiger partial charge is 0.496 e. The van der Waals surface area contributed by atoms with Crippen LogP contribution in [0.15, 0.2) is 47.5 Å². The molecular weight excluding hydrogens is 282 g/mol. The van der Waals surface area contributed by atoms with Crippen molar-refractivity contribution in [2.24, 2.45) is 4.99 Å². The summed E-state index contributed by atoms with van der Waals surface area (Å²) in [5, 5.41) is 0.737. The number of hydrogen-bond acceptors (Lipinski definition) is 2. The van der Waals surface area contributed by atoms with Crippen molar-refractivity contribution in [3.05, 3.63) is 58.6 Å².